The van der Waals surface area contributed by atoms with E-state index in [1.165, 1.54) is 21.3 Å². The van der Waals surface area contributed by atoms with Crippen molar-refractivity contribution in [2.75, 3.05) is 5.32 Å². The van der Waals surface area contributed by atoms with E-state index < -0.39 is 0 Å². The highest BCUT2D eigenvalue weighted by atomic mass is 35.5. The number of anilines is 1. The molecule has 136 valence electrons. The van der Waals surface area contributed by atoms with Crippen molar-refractivity contribution in [1.82, 2.24) is 9.13 Å². The Balaban J connectivity index is 0.00000117. The van der Waals surface area contributed by atoms with E-state index in [1.807, 2.05) is 44.2 Å². The van der Waals surface area contributed by atoms with Crippen molar-refractivity contribution in [3.8, 4) is 5.69 Å². The summed E-state index contributed by atoms with van der Waals surface area (Å²) in [6.07, 6.45) is 1.57. The van der Waals surface area contributed by atoms with Crippen LogP contribution in [0, 0.1) is 0 Å². The van der Waals surface area contributed by atoms with Crippen LogP contribution in [-0.2, 0) is 7.05 Å². The molecule has 0 aliphatic carbocycles. The smallest absolute Gasteiger partial charge is 0.272 e. The second-order valence-corrected chi connectivity index (χ2v) is 5.91. The highest BCUT2D eigenvalue weighted by molar-refractivity contribution is 6.42. The summed E-state index contributed by atoms with van der Waals surface area (Å²) in [5.41, 5.74) is 1.33. The van der Waals surface area contributed by atoms with Crippen molar-refractivity contribution in [3.63, 3.8) is 0 Å². The maximum Gasteiger partial charge on any atom is 0.272 e. The molecule has 26 heavy (non-hydrogen) atoms. The maximum absolute atomic E-state index is 12.4. The van der Waals surface area contributed by atoms with Gasteiger partial charge in [-0.1, -0.05) is 55.2 Å². The predicted molar refractivity (Wildman–Crippen MR) is 107 cm³/mol. The number of hydrogen-bond acceptors (Lipinski definition) is 2. The molecular weight excluding hydrogens is 373 g/mol. The molecule has 0 saturated heterocycles. The molecule has 0 spiro atoms. The Bertz CT molecular complexity index is 963. The standard InChI is InChI=1S/C17H13Cl2N3O2.C2H6/c1-21-14(9-13(18)16(21)19)17(24)20-11-7-8-15(23)22(10-11)12-5-3-2-4-6-12;1-2/h2-10H,1H3,(H,20,24);1-2H3. The summed E-state index contributed by atoms with van der Waals surface area (Å²) < 4.78 is 2.95. The van der Waals surface area contributed by atoms with Crippen LogP contribution in [0.4, 0.5) is 5.69 Å². The summed E-state index contributed by atoms with van der Waals surface area (Å²) in [5, 5.41) is 3.33. The SMILES string of the molecule is CC.Cn1c(C(=O)Nc2ccc(=O)n(-c3ccccc3)c2)cc(Cl)c1Cl. The fraction of sp³-hybridized carbons (Fsp3) is 0.158. The van der Waals surface area contributed by atoms with Crippen LogP contribution in [0.25, 0.3) is 5.69 Å². The summed E-state index contributed by atoms with van der Waals surface area (Å²) in [6.45, 7) is 4.00. The number of para-hydroxylation sites is 1. The van der Waals surface area contributed by atoms with Gasteiger partial charge in [0, 0.05) is 25.0 Å². The van der Waals surface area contributed by atoms with Crippen LogP contribution in [-0.4, -0.2) is 15.0 Å². The van der Waals surface area contributed by atoms with Gasteiger partial charge in [0.05, 0.1) is 10.7 Å². The lowest BCUT2D eigenvalue weighted by atomic mass is 10.3. The van der Waals surface area contributed by atoms with E-state index in [0.717, 1.165) is 0 Å². The molecule has 0 bridgehead atoms. The Hall–Kier alpha value is -2.50. The van der Waals surface area contributed by atoms with Gasteiger partial charge in [-0.3, -0.25) is 14.2 Å². The summed E-state index contributed by atoms with van der Waals surface area (Å²) in [6, 6.07) is 13.6. The first-order chi connectivity index (χ1) is 12.5. The van der Waals surface area contributed by atoms with E-state index in [4.69, 9.17) is 23.2 Å². The lowest BCUT2D eigenvalue weighted by Crippen LogP contribution is -2.20. The fourth-order valence-electron chi connectivity index (χ4n) is 2.31. The van der Waals surface area contributed by atoms with Crippen molar-refractivity contribution < 1.29 is 4.79 Å². The molecule has 2 heterocycles. The lowest BCUT2D eigenvalue weighted by molar-refractivity contribution is 0.101. The van der Waals surface area contributed by atoms with Crippen LogP contribution >= 0.6 is 23.2 Å². The first-order valence-corrected chi connectivity index (χ1v) is 8.83. The zero-order chi connectivity index (χ0) is 19.3. The summed E-state index contributed by atoms with van der Waals surface area (Å²) >= 11 is 11.9. The Morgan fingerprint density at radius 3 is 2.27 bits per heavy atom. The number of nitrogens with one attached hydrogen (secondary N) is 1. The van der Waals surface area contributed by atoms with E-state index >= 15 is 0 Å². The topological polar surface area (TPSA) is 56.0 Å². The molecule has 0 unspecified atom stereocenters. The number of rotatable bonds is 3. The molecule has 3 aromatic rings. The first kappa shape index (κ1) is 19.8. The highest BCUT2D eigenvalue weighted by Gasteiger charge is 2.16. The van der Waals surface area contributed by atoms with Crippen LogP contribution in [0.5, 0.6) is 0 Å². The van der Waals surface area contributed by atoms with E-state index in [2.05, 4.69) is 5.32 Å². The van der Waals surface area contributed by atoms with Gasteiger partial charge in [0.25, 0.3) is 11.5 Å². The molecule has 0 saturated carbocycles. The molecule has 0 aliphatic rings. The van der Waals surface area contributed by atoms with Gasteiger partial charge in [0.2, 0.25) is 0 Å². The van der Waals surface area contributed by atoms with Gasteiger partial charge >= 0.3 is 0 Å². The van der Waals surface area contributed by atoms with Crippen LogP contribution < -0.4 is 10.9 Å². The minimum atomic E-state index is -0.371. The molecule has 1 amide bonds. The molecule has 1 N–H and O–H groups in total. The zero-order valence-corrected chi connectivity index (χ0v) is 16.2. The van der Waals surface area contributed by atoms with Crippen molar-refractivity contribution in [3.05, 3.63) is 81.0 Å². The van der Waals surface area contributed by atoms with Gasteiger partial charge in [-0.05, 0) is 24.3 Å². The molecule has 0 atom stereocenters. The molecule has 5 nitrogen and oxygen atoms in total. The van der Waals surface area contributed by atoms with Gasteiger partial charge in [-0.25, -0.2) is 0 Å². The molecule has 3 rings (SSSR count). The number of carbonyl (C=O) groups excluding carboxylic acids is 1. The summed E-state index contributed by atoms with van der Waals surface area (Å²) in [4.78, 5) is 24.4. The summed E-state index contributed by atoms with van der Waals surface area (Å²) in [7, 11) is 1.65. The molecule has 7 heteroatoms. The Morgan fingerprint density at radius 2 is 1.69 bits per heavy atom. The third-order valence-corrected chi connectivity index (χ3v) is 4.39. The van der Waals surface area contributed by atoms with Crippen molar-refractivity contribution >= 4 is 34.8 Å². The fourth-order valence-corrected chi connectivity index (χ4v) is 2.68. The number of hydrogen-bond donors (Lipinski definition) is 1. The second kappa shape index (κ2) is 8.74. The van der Waals surface area contributed by atoms with Crippen LogP contribution in [0.2, 0.25) is 10.2 Å². The molecule has 1 aromatic carbocycles. The van der Waals surface area contributed by atoms with Gasteiger partial charge in [-0.2, -0.15) is 0 Å². The zero-order valence-electron chi connectivity index (χ0n) is 14.7. The van der Waals surface area contributed by atoms with Crippen molar-refractivity contribution in [1.29, 1.82) is 0 Å². The van der Waals surface area contributed by atoms with Crippen LogP contribution in [0.3, 0.4) is 0 Å². The third-order valence-electron chi connectivity index (χ3n) is 3.55. The molecule has 0 radical (unpaired) electrons. The first-order valence-electron chi connectivity index (χ1n) is 8.07. The van der Waals surface area contributed by atoms with E-state index in [9.17, 15) is 9.59 Å². The Labute approximate surface area is 161 Å². The number of carbonyl (C=O) groups is 1. The van der Waals surface area contributed by atoms with E-state index in [-0.39, 0.29) is 16.6 Å². The largest absolute Gasteiger partial charge is 0.329 e. The second-order valence-electron chi connectivity index (χ2n) is 5.14. The number of benzene rings is 1. The van der Waals surface area contributed by atoms with Gasteiger partial charge < -0.3 is 9.88 Å². The van der Waals surface area contributed by atoms with Crippen molar-refractivity contribution in [2.45, 2.75) is 13.8 Å². The minimum Gasteiger partial charge on any atom is -0.329 e. The molecule has 2 aromatic heterocycles. The maximum atomic E-state index is 12.4. The number of nitrogens with zero attached hydrogens (tertiary/aromatic N) is 2. The Kier molecular flexibility index (Phi) is 6.66. The van der Waals surface area contributed by atoms with Crippen LogP contribution in [0.15, 0.2) is 59.5 Å². The number of pyridine rings is 1. The van der Waals surface area contributed by atoms with E-state index in [1.54, 1.807) is 19.3 Å². The number of aromatic nitrogens is 2. The molecular formula is C19H19Cl2N3O2. The van der Waals surface area contributed by atoms with Gasteiger partial charge in [-0.15, -0.1) is 0 Å². The number of halogens is 2. The number of amides is 1. The predicted octanol–water partition coefficient (Wildman–Crippen LogP) is 4.76. The molecule has 0 fully saturated rings. The highest BCUT2D eigenvalue weighted by Crippen LogP contribution is 2.25. The minimum absolute atomic E-state index is 0.191. The molecule has 0 aliphatic heterocycles. The quantitative estimate of drug-likeness (QED) is 0.699. The normalized spacial score (nSPS) is 10.0. The monoisotopic (exact) mass is 391 g/mol. The van der Waals surface area contributed by atoms with E-state index in [0.29, 0.717) is 22.1 Å². The summed E-state index contributed by atoms with van der Waals surface area (Å²) in [5.74, 6) is -0.371. The lowest BCUT2D eigenvalue weighted by Gasteiger charge is -2.10. The Morgan fingerprint density at radius 1 is 1.04 bits per heavy atom. The average molecular weight is 392 g/mol. The van der Waals surface area contributed by atoms with Crippen LogP contribution in [0.1, 0.15) is 24.3 Å². The van der Waals surface area contributed by atoms with Gasteiger partial charge in [0.1, 0.15) is 10.8 Å². The average Bonchev–Trinajstić information content (AvgIpc) is 2.93. The third kappa shape index (κ3) is 4.18. The van der Waals surface area contributed by atoms with Gasteiger partial charge in [0.15, 0.2) is 0 Å². The van der Waals surface area contributed by atoms with Crippen molar-refractivity contribution in [2.24, 2.45) is 7.05 Å².